The Morgan fingerprint density at radius 1 is 1.03 bits per heavy atom. The number of nitrogens with zero attached hydrogens (tertiary/aromatic N) is 4. The van der Waals surface area contributed by atoms with Crippen LogP contribution in [0.2, 0.25) is 0 Å². The number of carbonyl (C=O) groups is 1. The SMILES string of the molecule is CCCN(C(=O)[C@H]1CCCN(C2CCN(Cc3ccncc3)CC2)C1)C1CCCC1. The maximum absolute atomic E-state index is 13.4. The van der Waals surface area contributed by atoms with Gasteiger partial charge < -0.3 is 4.90 Å². The number of hydrogen-bond donors (Lipinski definition) is 0. The van der Waals surface area contributed by atoms with Gasteiger partial charge in [0.25, 0.3) is 0 Å². The molecule has 3 fully saturated rings. The van der Waals surface area contributed by atoms with Crippen molar-refractivity contribution in [3.05, 3.63) is 30.1 Å². The molecule has 2 saturated heterocycles. The van der Waals surface area contributed by atoms with E-state index in [2.05, 4.69) is 38.7 Å². The third-order valence-corrected chi connectivity index (χ3v) is 7.54. The van der Waals surface area contributed by atoms with Crippen LogP contribution in [0.15, 0.2) is 24.5 Å². The van der Waals surface area contributed by atoms with Crippen LogP contribution in [-0.4, -0.2) is 70.4 Å². The molecule has 5 nitrogen and oxygen atoms in total. The number of aromatic nitrogens is 1. The molecule has 1 aromatic rings. The minimum atomic E-state index is 0.223. The Labute approximate surface area is 182 Å². The van der Waals surface area contributed by atoms with Gasteiger partial charge in [-0.25, -0.2) is 0 Å². The zero-order valence-corrected chi connectivity index (χ0v) is 18.8. The molecule has 1 aliphatic carbocycles. The van der Waals surface area contributed by atoms with Crippen molar-refractivity contribution in [2.24, 2.45) is 5.92 Å². The number of pyridine rings is 1. The van der Waals surface area contributed by atoms with E-state index in [-0.39, 0.29) is 5.92 Å². The first-order valence-electron chi connectivity index (χ1n) is 12.4. The standard InChI is InChI=1S/C25H40N4O/c1-2-15-29(24-7-3-4-8-24)25(30)22-6-5-16-28(20-22)23-11-17-27(18-12-23)19-21-9-13-26-14-10-21/h9-10,13-14,22-24H,2-8,11-12,15-20H2,1H3/t22-/m0/s1. The van der Waals surface area contributed by atoms with Gasteiger partial charge in [-0.2, -0.15) is 0 Å². The fraction of sp³-hybridized carbons (Fsp3) is 0.760. The average Bonchev–Trinajstić information content (AvgIpc) is 3.33. The van der Waals surface area contributed by atoms with Crippen molar-refractivity contribution in [3.8, 4) is 0 Å². The normalized spacial score (nSPS) is 24.9. The predicted molar refractivity (Wildman–Crippen MR) is 121 cm³/mol. The van der Waals surface area contributed by atoms with E-state index in [9.17, 15) is 4.79 Å². The maximum Gasteiger partial charge on any atom is 0.227 e. The molecular formula is C25H40N4O. The van der Waals surface area contributed by atoms with E-state index in [0.29, 0.717) is 18.0 Å². The summed E-state index contributed by atoms with van der Waals surface area (Å²) in [6.45, 7) is 8.67. The maximum atomic E-state index is 13.4. The van der Waals surface area contributed by atoms with E-state index in [1.165, 1.54) is 57.1 Å². The van der Waals surface area contributed by atoms with Crippen molar-refractivity contribution >= 4 is 5.91 Å². The van der Waals surface area contributed by atoms with Crippen molar-refractivity contribution in [1.29, 1.82) is 0 Å². The summed E-state index contributed by atoms with van der Waals surface area (Å²) >= 11 is 0. The Balaban J connectivity index is 1.29. The van der Waals surface area contributed by atoms with Gasteiger partial charge in [0.1, 0.15) is 0 Å². The molecule has 5 heteroatoms. The summed E-state index contributed by atoms with van der Waals surface area (Å²) in [7, 11) is 0. The smallest absolute Gasteiger partial charge is 0.227 e. The quantitative estimate of drug-likeness (QED) is 0.680. The van der Waals surface area contributed by atoms with Crippen LogP contribution in [0.3, 0.4) is 0 Å². The van der Waals surface area contributed by atoms with E-state index in [1.807, 2.05) is 12.4 Å². The van der Waals surface area contributed by atoms with Gasteiger partial charge in [0.2, 0.25) is 5.91 Å². The summed E-state index contributed by atoms with van der Waals surface area (Å²) in [4.78, 5) is 25.1. The monoisotopic (exact) mass is 412 g/mol. The molecule has 0 unspecified atom stereocenters. The molecule has 2 aliphatic heterocycles. The second-order valence-corrected chi connectivity index (χ2v) is 9.67. The highest BCUT2D eigenvalue weighted by atomic mass is 16.2. The fourth-order valence-electron chi connectivity index (χ4n) is 5.89. The summed E-state index contributed by atoms with van der Waals surface area (Å²) < 4.78 is 0. The lowest BCUT2D eigenvalue weighted by atomic mass is 9.92. The van der Waals surface area contributed by atoms with Gasteiger partial charge in [-0.05, 0) is 82.3 Å². The van der Waals surface area contributed by atoms with Crippen LogP contribution >= 0.6 is 0 Å². The second kappa shape index (κ2) is 10.7. The molecule has 4 rings (SSSR count). The molecule has 0 aromatic carbocycles. The van der Waals surface area contributed by atoms with Crippen molar-refractivity contribution < 1.29 is 4.79 Å². The number of piperidine rings is 2. The van der Waals surface area contributed by atoms with Crippen molar-refractivity contribution in [1.82, 2.24) is 19.7 Å². The molecule has 166 valence electrons. The van der Waals surface area contributed by atoms with E-state index in [4.69, 9.17) is 0 Å². The summed E-state index contributed by atoms with van der Waals surface area (Å²) in [6.07, 6.45) is 14.6. The Kier molecular flexibility index (Phi) is 7.78. The Morgan fingerprint density at radius 2 is 1.77 bits per heavy atom. The summed E-state index contributed by atoms with van der Waals surface area (Å²) in [5.74, 6) is 0.685. The van der Waals surface area contributed by atoms with Crippen molar-refractivity contribution in [2.45, 2.75) is 83.3 Å². The lowest BCUT2D eigenvalue weighted by molar-refractivity contribution is -0.140. The number of rotatable bonds is 7. The molecule has 0 radical (unpaired) electrons. The highest BCUT2D eigenvalue weighted by Gasteiger charge is 2.35. The van der Waals surface area contributed by atoms with Crippen LogP contribution < -0.4 is 0 Å². The molecule has 1 atom stereocenters. The van der Waals surface area contributed by atoms with Crippen LogP contribution in [0.4, 0.5) is 0 Å². The van der Waals surface area contributed by atoms with Crippen molar-refractivity contribution in [3.63, 3.8) is 0 Å². The summed E-state index contributed by atoms with van der Waals surface area (Å²) in [5, 5.41) is 0. The van der Waals surface area contributed by atoms with Gasteiger partial charge in [-0.3, -0.25) is 19.6 Å². The van der Waals surface area contributed by atoms with Crippen LogP contribution in [0, 0.1) is 5.92 Å². The van der Waals surface area contributed by atoms with Crippen LogP contribution in [0.5, 0.6) is 0 Å². The minimum absolute atomic E-state index is 0.223. The number of amides is 1. The Morgan fingerprint density at radius 3 is 2.47 bits per heavy atom. The second-order valence-electron chi connectivity index (χ2n) is 9.67. The molecule has 30 heavy (non-hydrogen) atoms. The van der Waals surface area contributed by atoms with Gasteiger partial charge in [0.05, 0.1) is 5.92 Å². The Bertz CT molecular complexity index is 652. The van der Waals surface area contributed by atoms with Gasteiger partial charge in [0.15, 0.2) is 0 Å². The van der Waals surface area contributed by atoms with Crippen LogP contribution in [-0.2, 0) is 11.3 Å². The Hall–Kier alpha value is -1.46. The van der Waals surface area contributed by atoms with Crippen LogP contribution in [0.1, 0.15) is 70.3 Å². The number of likely N-dealkylation sites (tertiary alicyclic amines) is 2. The zero-order chi connectivity index (χ0) is 20.8. The first-order chi connectivity index (χ1) is 14.7. The van der Waals surface area contributed by atoms with Gasteiger partial charge in [-0.1, -0.05) is 19.8 Å². The van der Waals surface area contributed by atoms with E-state index < -0.39 is 0 Å². The van der Waals surface area contributed by atoms with E-state index in [1.54, 1.807) is 0 Å². The number of hydrogen-bond acceptors (Lipinski definition) is 4. The van der Waals surface area contributed by atoms with E-state index >= 15 is 0 Å². The molecule has 3 heterocycles. The highest BCUT2D eigenvalue weighted by Crippen LogP contribution is 2.29. The minimum Gasteiger partial charge on any atom is -0.339 e. The third-order valence-electron chi connectivity index (χ3n) is 7.54. The molecular weight excluding hydrogens is 372 g/mol. The molecule has 1 aromatic heterocycles. The fourth-order valence-corrected chi connectivity index (χ4v) is 5.89. The zero-order valence-electron chi connectivity index (χ0n) is 18.8. The lowest BCUT2D eigenvalue weighted by Crippen LogP contribution is -2.52. The largest absolute Gasteiger partial charge is 0.339 e. The molecule has 0 bridgehead atoms. The van der Waals surface area contributed by atoms with Crippen molar-refractivity contribution in [2.75, 3.05) is 32.7 Å². The highest BCUT2D eigenvalue weighted by molar-refractivity contribution is 5.79. The van der Waals surface area contributed by atoms with Crippen LogP contribution in [0.25, 0.3) is 0 Å². The summed E-state index contributed by atoms with van der Waals surface area (Å²) in [6, 6.07) is 5.42. The molecule has 0 spiro atoms. The predicted octanol–water partition coefficient (Wildman–Crippen LogP) is 3.94. The lowest BCUT2D eigenvalue weighted by Gasteiger charge is -2.43. The van der Waals surface area contributed by atoms with Gasteiger partial charge in [-0.15, -0.1) is 0 Å². The molecule has 1 amide bonds. The van der Waals surface area contributed by atoms with Gasteiger partial charge >= 0.3 is 0 Å². The van der Waals surface area contributed by atoms with Gasteiger partial charge in [0, 0.05) is 44.1 Å². The topological polar surface area (TPSA) is 39.7 Å². The number of carbonyl (C=O) groups excluding carboxylic acids is 1. The third kappa shape index (κ3) is 5.42. The average molecular weight is 413 g/mol. The first kappa shape index (κ1) is 21.8. The summed E-state index contributed by atoms with van der Waals surface area (Å²) in [5.41, 5.74) is 1.36. The molecule has 0 N–H and O–H groups in total. The van der Waals surface area contributed by atoms with E-state index in [0.717, 1.165) is 45.6 Å². The molecule has 3 aliphatic rings. The first-order valence-corrected chi connectivity index (χ1v) is 12.4. The molecule has 1 saturated carbocycles.